The molecule has 8 rings (SSSR count). The first-order chi connectivity index (χ1) is 34.2. The molecule has 38 heteroatoms. The molecule has 8 N–H and O–H groups in total. The minimum Gasteiger partial charge on any atom is -0.543 e. The monoisotopic (exact) mass is 1150 g/mol. The molecule has 0 spiro atoms. The van der Waals surface area contributed by atoms with Crippen LogP contribution < -0.4 is 114 Å². The summed E-state index contributed by atoms with van der Waals surface area (Å²) >= 11 is 6.69. The number of oxime groups is 2. The Balaban J connectivity index is 0.000000267. The first-order valence-electron chi connectivity index (χ1n) is 19.9. The Morgan fingerprint density at radius 2 is 1.05 bits per heavy atom. The standard InChI is InChI=1S/2C18H18N8O7S3.2Na/c2*1-25-18(22-12(28)13(29)23-25)36-4-6-3-34-15-9(14(30)26(15)10(6)16(31)32)21-11(27)8(24-33-2)7-5-35-17(19)20-7;;/h2*5,9,15H,3-4H2,1-2H3,(H2,19,20)(H,21,27)(H,23,29)(H,31,32);;/q;;2*+1/p-2/t2*9-,15-;;/m11../s1. The molecule has 2 fully saturated rings. The van der Waals surface area contributed by atoms with E-state index in [4.69, 9.17) is 21.1 Å². The van der Waals surface area contributed by atoms with Gasteiger partial charge in [-0.15, -0.1) is 46.2 Å². The van der Waals surface area contributed by atoms with Gasteiger partial charge in [0.25, 0.3) is 23.6 Å². The Morgan fingerprint density at radius 1 is 0.689 bits per heavy atom. The van der Waals surface area contributed by atoms with E-state index in [0.29, 0.717) is 11.1 Å². The molecule has 30 nitrogen and oxygen atoms in total. The van der Waals surface area contributed by atoms with Crippen molar-refractivity contribution in [2.75, 3.05) is 48.7 Å². The minimum absolute atomic E-state index is 0. The average Bonchev–Trinajstić information content (AvgIpc) is 3.98. The van der Waals surface area contributed by atoms with Crippen molar-refractivity contribution in [3.05, 3.63) is 86.1 Å². The molecule has 4 aliphatic rings. The second kappa shape index (κ2) is 25.5. The predicted molar refractivity (Wildman–Crippen MR) is 256 cm³/mol. The number of nitrogens with two attached hydrogens (primary N) is 2. The molecule has 4 aromatic rings. The molecule has 74 heavy (non-hydrogen) atoms. The van der Waals surface area contributed by atoms with Crippen LogP contribution in [0.15, 0.2) is 73.1 Å². The smallest absolute Gasteiger partial charge is 0.543 e. The molecule has 0 aromatic carbocycles. The topological polar surface area (TPSA) is 436 Å². The fraction of sp³-hybridized carbons (Fsp3) is 0.333. The Morgan fingerprint density at radius 3 is 1.36 bits per heavy atom. The van der Waals surface area contributed by atoms with Gasteiger partial charge in [-0.3, -0.25) is 67.7 Å². The van der Waals surface area contributed by atoms with Crippen LogP contribution in [0.5, 0.6) is 0 Å². The number of nitrogens with one attached hydrogen (secondary N) is 4. The van der Waals surface area contributed by atoms with E-state index >= 15 is 0 Å². The normalized spacial score (nSPS) is 19.0. The second-order valence-corrected chi connectivity index (χ2v) is 20.4. The van der Waals surface area contributed by atoms with Crippen molar-refractivity contribution in [3.8, 4) is 0 Å². The van der Waals surface area contributed by atoms with Crippen LogP contribution >= 0.6 is 69.7 Å². The van der Waals surface area contributed by atoms with Gasteiger partial charge < -0.3 is 51.6 Å². The van der Waals surface area contributed by atoms with Crippen molar-refractivity contribution in [1.82, 2.24) is 59.9 Å². The summed E-state index contributed by atoms with van der Waals surface area (Å²) in [4.78, 5) is 148. The number of fused-ring (bicyclic) bond motifs is 2. The number of thiazole rings is 2. The summed E-state index contributed by atoms with van der Waals surface area (Å²) in [5.41, 5.74) is 7.55. The summed E-state index contributed by atoms with van der Waals surface area (Å²) in [7, 11) is 5.44. The van der Waals surface area contributed by atoms with Crippen molar-refractivity contribution in [2.24, 2.45) is 24.4 Å². The summed E-state index contributed by atoms with van der Waals surface area (Å²) in [5, 5.41) is 43.3. The molecule has 0 radical (unpaired) electrons. The van der Waals surface area contributed by atoms with Crippen LogP contribution in [0.4, 0.5) is 10.3 Å². The van der Waals surface area contributed by atoms with Gasteiger partial charge in [-0.2, -0.15) is 9.97 Å². The van der Waals surface area contributed by atoms with E-state index < -0.39 is 80.6 Å². The number of hydrogen-bond acceptors (Lipinski definition) is 28. The Labute approximate surface area is 482 Å². The van der Waals surface area contributed by atoms with E-state index in [1.807, 2.05) is 0 Å². The van der Waals surface area contributed by atoms with Gasteiger partial charge in [0, 0.05) is 47.9 Å². The zero-order chi connectivity index (χ0) is 52.3. The maximum atomic E-state index is 12.9. The first kappa shape index (κ1) is 59.6. The molecule has 0 aliphatic carbocycles. The molecule has 4 aromatic heterocycles. The summed E-state index contributed by atoms with van der Waals surface area (Å²) in [6.45, 7) is 0. The number of carbonyl (C=O) groups is 6. The van der Waals surface area contributed by atoms with Crippen molar-refractivity contribution < 1.29 is 108 Å². The van der Waals surface area contributed by atoms with Crippen LogP contribution in [0.3, 0.4) is 0 Å². The number of aliphatic carboxylic acids is 2. The van der Waals surface area contributed by atoms with Crippen LogP contribution in [0.2, 0.25) is 0 Å². The molecule has 4 atom stereocenters. The molecule has 0 bridgehead atoms. The van der Waals surface area contributed by atoms with E-state index in [0.717, 1.165) is 56.0 Å². The summed E-state index contributed by atoms with van der Waals surface area (Å²) < 4.78 is 2.48. The number of aromatic nitrogens is 8. The fourth-order valence-corrected chi connectivity index (χ4v) is 12.8. The van der Waals surface area contributed by atoms with Crippen LogP contribution in [0, 0.1) is 0 Å². The fourth-order valence-electron chi connectivity index (χ4n) is 6.85. The van der Waals surface area contributed by atoms with Crippen molar-refractivity contribution >= 4 is 127 Å². The number of hydrogen-bond donors (Lipinski definition) is 6. The number of aryl methyl sites for hydroxylation is 2. The van der Waals surface area contributed by atoms with Gasteiger partial charge in [0.1, 0.15) is 48.4 Å². The third-order valence-electron chi connectivity index (χ3n) is 10.0. The number of thioether (sulfide) groups is 4. The van der Waals surface area contributed by atoms with Crippen molar-refractivity contribution in [1.29, 1.82) is 0 Å². The van der Waals surface area contributed by atoms with Gasteiger partial charge in [-0.1, -0.05) is 33.8 Å². The number of aromatic amines is 2. The van der Waals surface area contributed by atoms with Crippen LogP contribution in [-0.4, -0.2) is 156 Å². The number of carboxylic acid groups (broad SMARTS) is 2. The van der Waals surface area contributed by atoms with Crippen LogP contribution in [0.25, 0.3) is 0 Å². The number of β-lactam (4-membered cyclic amide) rings is 2. The number of carboxylic acids is 2. The first-order valence-corrected chi connectivity index (χ1v) is 25.7. The van der Waals surface area contributed by atoms with Gasteiger partial charge >= 0.3 is 81.4 Å². The van der Waals surface area contributed by atoms with Gasteiger partial charge in [0.2, 0.25) is 0 Å². The summed E-state index contributed by atoms with van der Waals surface area (Å²) in [6, 6.07) is -2.04. The number of rotatable bonds is 16. The Bertz CT molecular complexity index is 3080. The number of nitrogens with zero attached hydrogens (tertiary/aromatic N) is 10. The zero-order valence-corrected chi connectivity index (χ0v) is 48.0. The molecule has 8 heterocycles. The second-order valence-electron chi connectivity index (χ2n) is 14.6. The van der Waals surface area contributed by atoms with Gasteiger partial charge in [0.15, 0.2) is 32.0 Å². The number of anilines is 2. The maximum absolute atomic E-state index is 12.9. The minimum atomic E-state index is -1.56. The number of H-pyrrole nitrogens is 2. The van der Waals surface area contributed by atoms with Gasteiger partial charge in [-0.05, 0) is 11.1 Å². The Kier molecular flexibility index (Phi) is 20.5. The van der Waals surface area contributed by atoms with Crippen LogP contribution in [-0.2, 0) is 52.5 Å². The molecule has 380 valence electrons. The molecule has 0 unspecified atom stereocenters. The third kappa shape index (κ3) is 12.7. The van der Waals surface area contributed by atoms with Gasteiger partial charge in [0.05, 0.1) is 23.3 Å². The van der Waals surface area contributed by atoms with Crippen molar-refractivity contribution in [2.45, 2.75) is 33.1 Å². The quantitative estimate of drug-likeness (QED) is 0.0151. The molecule has 2 saturated heterocycles. The van der Waals surface area contributed by atoms with Gasteiger partial charge in [-0.25, -0.2) is 9.97 Å². The van der Waals surface area contributed by atoms with Crippen molar-refractivity contribution in [3.63, 3.8) is 0 Å². The molecule has 4 aliphatic heterocycles. The zero-order valence-electron chi connectivity index (χ0n) is 39.1. The van der Waals surface area contributed by atoms with E-state index in [2.05, 4.69) is 51.1 Å². The number of amides is 4. The summed E-state index contributed by atoms with van der Waals surface area (Å²) in [6.07, 6.45) is 0. The molecule has 4 amide bonds. The predicted octanol–water partition coefficient (Wildman–Crippen LogP) is -11.9. The third-order valence-corrected chi connectivity index (χ3v) is 16.3. The number of carbonyl (C=O) groups excluding carboxylic acids is 6. The van der Waals surface area contributed by atoms with E-state index in [-0.39, 0.29) is 137 Å². The molecule has 0 saturated carbocycles. The van der Waals surface area contributed by atoms with E-state index in [1.54, 1.807) is 0 Å². The average molecular weight is 1150 g/mol. The molecular formula is C36H34N16Na2O14S6. The molecular weight excluding hydrogens is 1120 g/mol. The number of nitrogen functional groups attached to an aromatic ring is 2. The SMILES string of the molecule is CON=C(C(=O)N[C@@H]1C(=O)N2C(C(=O)[O-])=C(CSc3nc(=O)c(=O)[nH]n3C)CS[C@H]12)c1csc(N)n1.CON=C(C(=O)N[C@@H]1C(=O)N2C(C(=O)[O-])=C(CSc3nc(=O)c(=O)[nH]n3C)CS[C@H]12)c1csc(N)n1.[Na+].[Na+]. The van der Waals surface area contributed by atoms with Crippen LogP contribution in [0.1, 0.15) is 11.4 Å². The largest absolute Gasteiger partial charge is 1.00 e. The van der Waals surface area contributed by atoms with E-state index in [1.165, 1.54) is 72.0 Å². The summed E-state index contributed by atoms with van der Waals surface area (Å²) in [5.74, 6) is -5.37. The maximum Gasteiger partial charge on any atom is 1.00 e. The van der Waals surface area contributed by atoms with E-state index in [9.17, 15) is 58.2 Å². The Hall–Kier alpha value is -5.28.